The average molecular weight is 520 g/mol. The van der Waals surface area contributed by atoms with E-state index in [1.165, 1.54) is 10.4 Å². The van der Waals surface area contributed by atoms with Gasteiger partial charge in [0.25, 0.3) is 0 Å². The molecule has 0 unspecified atom stereocenters. The van der Waals surface area contributed by atoms with E-state index in [1.807, 2.05) is 31.1 Å². The van der Waals surface area contributed by atoms with E-state index in [2.05, 4.69) is 25.5 Å². The Labute approximate surface area is 218 Å². The largest absolute Gasteiger partial charge is 0.489 e. The molecule has 0 radical (unpaired) electrons. The van der Waals surface area contributed by atoms with Gasteiger partial charge in [-0.15, -0.1) is 11.3 Å². The van der Waals surface area contributed by atoms with Crippen LogP contribution in [0.3, 0.4) is 0 Å². The van der Waals surface area contributed by atoms with Crippen LogP contribution in [0.25, 0.3) is 21.1 Å². The van der Waals surface area contributed by atoms with E-state index in [9.17, 15) is 9.59 Å². The lowest BCUT2D eigenvalue weighted by atomic mass is 9.87. The number of hydrogen-bond donors (Lipinski definition) is 2. The van der Waals surface area contributed by atoms with E-state index in [0.29, 0.717) is 25.3 Å². The molecule has 1 fully saturated rings. The number of nitrogens with one attached hydrogen (secondary N) is 2. The summed E-state index contributed by atoms with van der Waals surface area (Å²) in [7, 11) is 3.63. The van der Waals surface area contributed by atoms with Gasteiger partial charge in [0.1, 0.15) is 29.3 Å². The minimum atomic E-state index is 0.00548. The van der Waals surface area contributed by atoms with Crippen LogP contribution in [-0.4, -0.2) is 75.6 Å². The van der Waals surface area contributed by atoms with Crippen molar-refractivity contribution in [1.82, 2.24) is 30.0 Å². The van der Waals surface area contributed by atoms with Crippen LogP contribution >= 0.6 is 11.3 Å². The zero-order valence-electron chi connectivity index (χ0n) is 20.9. The van der Waals surface area contributed by atoms with Gasteiger partial charge < -0.3 is 19.9 Å². The Kier molecular flexibility index (Phi) is 6.15. The number of nitrogens with zero attached hydrogens (tertiary/aromatic N) is 5. The van der Waals surface area contributed by atoms with Gasteiger partial charge >= 0.3 is 0 Å². The van der Waals surface area contributed by atoms with Crippen LogP contribution < -0.4 is 10.1 Å². The van der Waals surface area contributed by atoms with Crippen LogP contribution in [0.5, 0.6) is 5.75 Å². The second-order valence-electron chi connectivity index (χ2n) is 9.84. The van der Waals surface area contributed by atoms with Crippen LogP contribution in [0.15, 0.2) is 24.7 Å². The van der Waals surface area contributed by atoms with Gasteiger partial charge in [-0.05, 0) is 37.3 Å². The summed E-state index contributed by atoms with van der Waals surface area (Å²) in [5.74, 6) is 1.76. The van der Waals surface area contributed by atoms with Crippen molar-refractivity contribution in [3.8, 4) is 5.75 Å². The maximum atomic E-state index is 12.6. The Morgan fingerprint density at radius 2 is 2.19 bits per heavy atom. The zero-order valence-corrected chi connectivity index (χ0v) is 21.7. The summed E-state index contributed by atoms with van der Waals surface area (Å²) in [6, 6.07) is 3.92. The molecule has 2 amide bonds. The highest BCUT2D eigenvalue weighted by Gasteiger charge is 2.30. The van der Waals surface area contributed by atoms with E-state index in [0.717, 1.165) is 64.9 Å². The summed E-state index contributed by atoms with van der Waals surface area (Å²) >= 11 is 1.65. The van der Waals surface area contributed by atoms with Crippen LogP contribution in [0, 0.1) is 5.92 Å². The minimum Gasteiger partial charge on any atom is -0.489 e. The van der Waals surface area contributed by atoms with Gasteiger partial charge in [0.05, 0.1) is 29.3 Å². The molecular formula is C26H29N7O3S. The highest BCUT2D eigenvalue weighted by Crippen LogP contribution is 2.42. The predicted molar refractivity (Wildman–Crippen MR) is 142 cm³/mol. The number of likely N-dealkylation sites (tertiary alicyclic amines) is 1. The van der Waals surface area contributed by atoms with E-state index >= 15 is 0 Å². The second kappa shape index (κ2) is 9.62. The topological polar surface area (TPSA) is 116 Å². The molecule has 4 aromatic rings. The fraction of sp³-hybridized carbons (Fsp3) is 0.423. The number of aromatic nitrogens is 4. The highest BCUT2D eigenvalue weighted by atomic mass is 32.1. The molecule has 1 aliphatic carbocycles. The third kappa shape index (κ3) is 4.48. The van der Waals surface area contributed by atoms with Gasteiger partial charge in [0.2, 0.25) is 11.8 Å². The number of aromatic amines is 1. The van der Waals surface area contributed by atoms with Crippen LogP contribution in [0.4, 0.5) is 11.5 Å². The number of fused-ring (bicyclic) bond motifs is 4. The van der Waals surface area contributed by atoms with E-state index < -0.39 is 0 Å². The first-order chi connectivity index (χ1) is 18.0. The fourth-order valence-electron chi connectivity index (χ4n) is 5.30. The Hall–Kier alpha value is -3.73. The normalized spacial score (nSPS) is 17.4. The van der Waals surface area contributed by atoms with Crippen molar-refractivity contribution in [2.75, 3.05) is 39.1 Å². The maximum Gasteiger partial charge on any atom is 0.225 e. The van der Waals surface area contributed by atoms with Gasteiger partial charge in [0.15, 0.2) is 0 Å². The summed E-state index contributed by atoms with van der Waals surface area (Å²) in [5.41, 5.74) is 2.87. The predicted octanol–water partition coefficient (Wildman–Crippen LogP) is 3.51. The van der Waals surface area contributed by atoms with E-state index in [1.54, 1.807) is 28.8 Å². The third-order valence-electron chi connectivity index (χ3n) is 7.22. The molecular weight excluding hydrogens is 490 g/mol. The Bertz CT molecular complexity index is 1490. The lowest BCUT2D eigenvalue weighted by Gasteiger charge is -2.24. The molecule has 0 saturated carbocycles. The smallest absolute Gasteiger partial charge is 0.225 e. The number of anilines is 2. The van der Waals surface area contributed by atoms with Crippen molar-refractivity contribution in [2.45, 2.75) is 32.1 Å². The number of carbonyl (C=O) groups is 2. The number of ether oxygens (including phenoxy) is 1. The number of rotatable bonds is 7. The summed E-state index contributed by atoms with van der Waals surface area (Å²) in [4.78, 5) is 39.4. The molecule has 1 aromatic carbocycles. The first-order valence-electron chi connectivity index (χ1n) is 12.6. The first kappa shape index (κ1) is 23.7. The van der Waals surface area contributed by atoms with E-state index in [-0.39, 0.29) is 17.7 Å². The van der Waals surface area contributed by atoms with Crippen molar-refractivity contribution in [1.29, 1.82) is 0 Å². The molecule has 1 saturated heterocycles. The molecule has 2 N–H and O–H groups in total. The molecule has 10 nitrogen and oxygen atoms in total. The molecule has 3 aromatic heterocycles. The molecule has 4 heterocycles. The molecule has 2 aliphatic rings. The van der Waals surface area contributed by atoms with Gasteiger partial charge in [-0.3, -0.25) is 14.7 Å². The summed E-state index contributed by atoms with van der Waals surface area (Å²) in [6.45, 7) is 1.74. The van der Waals surface area contributed by atoms with Gasteiger partial charge in [-0.1, -0.05) is 0 Å². The Morgan fingerprint density at radius 3 is 3.00 bits per heavy atom. The summed E-state index contributed by atoms with van der Waals surface area (Å²) in [6.07, 6.45) is 7.24. The fourth-order valence-corrected chi connectivity index (χ4v) is 6.57. The lowest BCUT2D eigenvalue weighted by molar-refractivity contribution is -0.133. The van der Waals surface area contributed by atoms with Crippen molar-refractivity contribution >= 4 is 55.8 Å². The first-order valence-corrected chi connectivity index (χ1v) is 13.4. The lowest BCUT2D eigenvalue weighted by Crippen LogP contribution is -2.32. The average Bonchev–Trinajstić information content (AvgIpc) is 3.61. The van der Waals surface area contributed by atoms with Crippen LogP contribution in [-0.2, 0) is 22.4 Å². The molecule has 11 heteroatoms. The standard InChI is InChI=1S/C26H29N7O3S/c1-32(2)26(35)15-5-6-17-21(11-15)37-25-23(17)24(27-14-28-25)30-19-10-16-13-29-31-18(16)12-20(19)36-9-8-33-7-3-4-22(33)34/h10,12-15H,3-9,11H2,1-2H3,(H,29,31)(H,27,28,30)/t15-/m0/s1. The van der Waals surface area contributed by atoms with Gasteiger partial charge in [-0.25, -0.2) is 9.97 Å². The number of carbonyl (C=O) groups excluding carboxylic acids is 2. The minimum absolute atomic E-state index is 0.00548. The van der Waals surface area contributed by atoms with Crippen molar-refractivity contribution in [2.24, 2.45) is 5.92 Å². The quantitative estimate of drug-likeness (QED) is 0.384. The summed E-state index contributed by atoms with van der Waals surface area (Å²) < 4.78 is 6.18. The number of thiophene rings is 1. The monoisotopic (exact) mass is 519 g/mol. The van der Waals surface area contributed by atoms with Crippen molar-refractivity contribution in [3.05, 3.63) is 35.1 Å². The van der Waals surface area contributed by atoms with Crippen molar-refractivity contribution < 1.29 is 14.3 Å². The molecule has 192 valence electrons. The number of aryl methyl sites for hydroxylation is 1. The number of amides is 2. The maximum absolute atomic E-state index is 12.6. The van der Waals surface area contributed by atoms with Gasteiger partial charge in [0, 0.05) is 49.3 Å². The molecule has 37 heavy (non-hydrogen) atoms. The SMILES string of the molecule is CN(C)C(=O)[C@H]1CCc2c(sc3ncnc(Nc4cc5cn[nH]c5cc4OCCN4CCCC4=O)c23)C1. The Balaban J connectivity index is 1.30. The second-order valence-corrected chi connectivity index (χ2v) is 10.9. The summed E-state index contributed by atoms with van der Waals surface area (Å²) in [5, 5.41) is 12.6. The Morgan fingerprint density at radius 1 is 1.30 bits per heavy atom. The van der Waals surface area contributed by atoms with Crippen LogP contribution in [0.1, 0.15) is 29.7 Å². The molecule has 0 spiro atoms. The number of H-pyrrole nitrogens is 1. The zero-order chi connectivity index (χ0) is 25.5. The van der Waals surface area contributed by atoms with Crippen molar-refractivity contribution in [3.63, 3.8) is 0 Å². The van der Waals surface area contributed by atoms with Gasteiger partial charge in [-0.2, -0.15) is 5.10 Å². The molecule has 1 aliphatic heterocycles. The third-order valence-corrected chi connectivity index (χ3v) is 8.38. The van der Waals surface area contributed by atoms with E-state index in [4.69, 9.17) is 4.74 Å². The molecule has 1 atom stereocenters. The molecule has 0 bridgehead atoms. The number of benzene rings is 1. The highest BCUT2D eigenvalue weighted by molar-refractivity contribution is 7.19. The number of hydrogen-bond acceptors (Lipinski definition) is 8. The molecule has 6 rings (SSSR count). The van der Waals surface area contributed by atoms with Crippen LogP contribution in [0.2, 0.25) is 0 Å².